The summed E-state index contributed by atoms with van der Waals surface area (Å²) in [5.74, 6) is 0.332. The number of carbonyl (C=O) groups excluding carboxylic acids is 1. The van der Waals surface area contributed by atoms with E-state index in [0.29, 0.717) is 5.92 Å². The first-order chi connectivity index (χ1) is 7.08. The maximum Gasteiger partial charge on any atom is 0.311 e. The number of carbonyl (C=O) groups is 1. The maximum absolute atomic E-state index is 12.9. The average Bonchev–Trinajstić information content (AvgIpc) is 2.77. The predicted octanol–water partition coefficient (Wildman–Crippen LogP) is 2.71. The fourth-order valence-electron chi connectivity index (χ4n) is 2.77. The number of alkyl halides is 1. The molecule has 5 atom stereocenters. The summed E-state index contributed by atoms with van der Waals surface area (Å²) in [6.07, 6.45) is 3.64. The largest absolute Gasteiger partial charge is 0.462 e. The van der Waals surface area contributed by atoms with Gasteiger partial charge in [-0.05, 0) is 51.4 Å². The van der Waals surface area contributed by atoms with Gasteiger partial charge in [-0.1, -0.05) is 0 Å². The van der Waals surface area contributed by atoms with Crippen molar-refractivity contribution in [3.8, 4) is 0 Å². The standard InChI is InChI=1S/C12H19FO2/c1-7(8(2)13)12(14)15-11-6-9-3-4-10(11)5-9/h7-11H,3-6H2,1-2H3. The van der Waals surface area contributed by atoms with Crippen LogP contribution in [0.3, 0.4) is 0 Å². The van der Waals surface area contributed by atoms with Crippen LogP contribution in [0.15, 0.2) is 0 Å². The molecule has 0 radical (unpaired) electrons. The summed E-state index contributed by atoms with van der Waals surface area (Å²) in [4.78, 5) is 11.6. The molecule has 0 spiro atoms. The smallest absolute Gasteiger partial charge is 0.311 e. The summed E-state index contributed by atoms with van der Waals surface area (Å²) >= 11 is 0. The van der Waals surface area contributed by atoms with E-state index in [1.165, 1.54) is 26.2 Å². The molecule has 0 aromatic rings. The number of fused-ring (bicyclic) bond motifs is 2. The number of rotatable bonds is 3. The van der Waals surface area contributed by atoms with Crippen molar-refractivity contribution in [3.63, 3.8) is 0 Å². The second-order valence-corrected chi connectivity index (χ2v) is 5.12. The molecule has 0 saturated heterocycles. The molecule has 2 fully saturated rings. The SMILES string of the molecule is CC(F)C(C)C(=O)OC1CC2CCC1C2. The first kappa shape index (κ1) is 10.9. The second-order valence-electron chi connectivity index (χ2n) is 5.12. The second kappa shape index (κ2) is 4.11. The van der Waals surface area contributed by atoms with E-state index in [2.05, 4.69) is 0 Å². The van der Waals surface area contributed by atoms with Crippen LogP contribution >= 0.6 is 0 Å². The van der Waals surface area contributed by atoms with Gasteiger partial charge in [0.05, 0.1) is 5.92 Å². The molecule has 86 valence electrons. The fraction of sp³-hybridized carbons (Fsp3) is 0.917. The van der Waals surface area contributed by atoms with Crippen molar-refractivity contribution < 1.29 is 13.9 Å². The molecule has 2 nitrogen and oxygen atoms in total. The number of esters is 1. The Balaban J connectivity index is 1.85. The zero-order valence-electron chi connectivity index (χ0n) is 9.41. The van der Waals surface area contributed by atoms with Crippen LogP contribution in [0.5, 0.6) is 0 Å². The lowest BCUT2D eigenvalue weighted by Crippen LogP contribution is -2.30. The molecule has 5 unspecified atom stereocenters. The Kier molecular flexibility index (Phi) is 2.98. The van der Waals surface area contributed by atoms with Crippen molar-refractivity contribution in [2.24, 2.45) is 17.8 Å². The Morgan fingerprint density at radius 1 is 1.33 bits per heavy atom. The molecule has 0 aromatic heterocycles. The van der Waals surface area contributed by atoms with Crippen LogP contribution in [0.2, 0.25) is 0 Å². The van der Waals surface area contributed by atoms with Crippen molar-refractivity contribution in [2.75, 3.05) is 0 Å². The molecular formula is C12H19FO2. The highest BCUT2D eigenvalue weighted by atomic mass is 19.1. The monoisotopic (exact) mass is 214 g/mol. The molecule has 15 heavy (non-hydrogen) atoms. The van der Waals surface area contributed by atoms with Crippen LogP contribution in [-0.2, 0) is 9.53 Å². The third-order valence-corrected chi connectivity index (χ3v) is 4.00. The maximum atomic E-state index is 12.9. The van der Waals surface area contributed by atoms with Gasteiger partial charge in [0, 0.05) is 0 Å². The van der Waals surface area contributed by atoms with Crippen molar-refractivity contribution >= 4 is 5.97 Å². The molecule has 2 aliphatic carbocycles. The Labute approximate surface area is 90.2 Å². The summed E-state index contributed by atoms with van der Waals surface area (Å²) in [6.45, 7) is 3.01. The van der Waals surface area contributed by atoms with Gasteiger partial charge in [0.15, 0.2) is 0 Å². The van der Waals surface area contributed by atoms with Crippen LogP contribution in [0.4, 0.5) is 4.39 Å². The fourth-order valence-corrected chi connectivity index (χ4v) is 2.77. The Morgan fingerprint density at radius 3 is 2.53 bits per heavy atom. The average molecular weight is 214 g/mol. The van der Waals surface area contributed by atoms with Gasteiger partial charge in [0.1, 0.15) is 12.3 Å². The van der Waals surface area contributed by atoms with Crippen LogP contribution < -0.4 is 0 Å². The highest BCUT2D eigenvalue weighted by Gasteiger charge is 2.42. The Bertz CT molecular complexity index is 252. The zero-order chi connectivity index (χ0) is 11.0. The van der Waals surface area contributed by atoms with Gasteiger partial charge >= 0.3 is 5.97 Å². The molecule has 0 heterocycles. The summed E-state index contributed by atoms with van der Waals surface area (Å²) < 4.78 is 18.3. The number of ether oxygens (including phenoxy) is 1. The van der Waals surface area contributed by atoms with E-state index < -0.39 is 12.1 Å². The number of hydrogen-bond acceptors (Lipinski definition) is 2. The molecule has 2 aliphatic rings. The molecule has 0 aliphatic heterocycles. The molecule has 0 N–H and O–H groups in total. The van der Waals surface area contributed by atoms with E-state index in [1.54, 1.807) is 6.92 Å². The third-order valence-electron chi connectivity index (χ3n) is 4.00. The van der Waals surface area contributed by atoms with Crippen LogP contribution in [0.25, 0.3) is 0 Å². The Hall–Kier alpha value is -0.600. The van der Waals surface area contributed by atoms with E-state index in [9.17, 15) is 9.18 Å². The molecule has 0 amide bonds. The minimum atomic E-state index is -1.11. The minimum absolute atomic E-state index is 0.0810. The lowest BCUT2D eigenvalue weighted by Gasteiger charge is -2.23. The third kappa shape index (κ3) is 2.16. The lowest BCUT2D eigenvalue weighted by atomic mass is 9.97. The summed E-state index contributed by atoms with van der Waals surface area (Å²) in [5, 5.41) is 0. The van der Waals surface area contributed by atoms with Crippen LogP contribution in [0.1, 0.15) is 39.5 Å². The molecule has 2 rings (SSSR count). The van der Waals surface area contributed by atoms with E-state index in [-0.39, 0.29) is 12.1 Å². The lowest BCUT2D eigenvalue weighted by molar-refractivity contribution is -0.157. The number of halogens is 1. The van der Waals surface area contributed by atoms with Gasteiger partial charge in [-0.3, -0.25) is 4.79 Å². The van der Waals surface area contributed by atoms with Crippen LogP contribution in [0, 0.1) is 17.8 Å². The van der Waals surface area contributed by atoms with Crippen molar-refractivity contribution in [3.05, 3.63) is 0 Å². The predicted molar refractivity (Wildman–Crippen MR) is 55.1 cm³/mol. The summed E-state index contributed by atoms with van der Waals surface area (Å²) in [5.41, 5.74) is 0. The van der Waals surface area contributed by atoms with Crippen molar-refractivity contribution in [1.82, 2.24) is 0 Å². The first-order valence-electron chi connectivity index (χ1n) is 5.92. The van der Waals surface area contributed by atoms with Crippen LogP contribution in [-0.4, -0.2) is 18.2 Å². The van der Waals surface area contributed by atoms with E-state index in [4.69, 9.17) is 4.74 Å². The van der Waals surface area contributed by atoms with Crippen molar-refractivity contribution in [1.29, 1.82) is 0 Å². The van der Waals surface area contributed by atoms with Gasteiger partial charge in [0.25, 0.3) is 0 Å². The Morgan fingerprint density at radius 2 is 2.07 bits per heavy atom. The van der Waals surface area contributed by atoms with Gasteiger partial charge in [0.2, 0.25) is 0 Å². The van der Waals surface area contributed by atoms with Crippen molar-refractivity contribution in [2.45, 2.75) is 51.8 Å². The normalized spacial score (nSPS) is 37.7. The van der Waals surface area contributed by atoms with E-state index in [0.717, 1.165) is 12.3 Å². The van der Waals surface area contributed by atoms with Gasteiger partial charge < -0.3 is 4.74 Å². The molecule has 3 heteroatoms. The molecule has 2 saturated carbocycles. The highest BCUT2D eigenvalue weighted by Crippen LogP contribution is 2.46. The minimum Gasteiger partial charge on any atom is -0.462 e. The quantitative estimate of drug-likeness (QED) is 0.675. The van der Waals surface area contributed by atoms with Gasteiger partial charge in [-0.25, -0.2) is 4.39 Å². The van der Waals surface area contributed by atoms with E-state index >= 15 is 0 Å². The number of hydrogen-bond donors (Lipinski definition) is 0. The van der Waals surface area contributed by atoms with Gasteiger partial charge in [-0.2, -0.15) is 0 Å². The first-order valence-corrected chi connectivity index (χ1v) is 5.92. The molecule has 2 bridgehead atoms. The highest BCUT2D eigenvalue weighted by molar-refractivity contribution is 5.72. The topological polar surface area (TPSA) is 26.3 Å². The summed E-state index contributed by atoms with van der Waals surface area (Å²) in [6, 6.07) is 0. The molecule has 0 aromatic carbocycles. The van der Waals surface area contributed by atoms with E-state index in [1.807, 2.05) is 0 Å². The van der Waals surface area contributed by atoms with Gasteiger partial charge in [-0.15, -0.1) is 0 Å². The molecular weight excluding hydrogens is 195 g/mol. The zero-order valence-corrected chi connectivity index (χ0v) is 9.41. The summed E-state index contributed by atoms with van der Waals surface area (Å²) in [7, 11) is 0.